The van der Waals surface area contributed by atoms with Gasteiger partial charge in [-0.15, -0.1) is 0 Å². The van der Waals surface area contributed by atoms with E-state index < -0.39 is 4.92 Å². The number of ether oxygens (including phenoxy) is 1. The lowest BCUT2D eigenvalue weighted by atomic mass is 9.94. The third-order valence-electron chi connectivity index (χ3n) is 4.91. The van der Waals surface area contributed by atoms with Gasteiger partial charge in [-0.2, -0.15) is 0 Å². The Morgan fingerprint density at radius 2 is 2.08 bits per heavy atom. The number of carbonyl (C=O) groups is 2. The van der Waals surface area contributed by atoms with Gasteiger partial charge in [0.25, 0.3) is 11.6 Å². The van der Waals surface area contributed by atoms with Gasteiger partial charge in [-0.05, 0) is 18.9 Å². The Morgan fingerprint density at radius 1 is 1.36 bits per heavy atom. The first-order valence-corrected chi connectivity index (χ1v) is 8.44. The maximum atomic E-state index is 12.6. The number of anilines is 1. The summed E-state index contributed by atoms with van der Waals surface area (Å²) in [6.45, 7) is -0.311. The van der Waals surface area contributed by atoms with E-state index in [0.29, 0.717) is 5.75 Å². The molecule has 134 valence electrons. The van der Waals surface area contributed by atoms with E-state index in [1.165, 1.54) is 29.5 Å². The van der Waals surface area contributed by atoms with Crippen LogP contribution >= 0.6 is 0 Å². The van der Waals surface area contributed by atoms with E-state index in [4.69, 9.17) is 4.74 Å². The second kappa shape index (κ2) is 7.08. The van der Waals surface area contributed by atoms with Gasteiger partial charge in [-0.3, -0.25) is 24.6 Å². The van der Waals surface area contributed by atoms with Crippen LogP contribution in [0.5, 0.6) is 5.75 Å². The number of nitro benzene ring substituents is 1. The lowest BCUT2D eigenvalue weighted by Crippen LogP contribution is -2.48. The number of amides is 2. The van der Waals surface area contributed by atoms with Crippen molar-refractivity contribution in [3.05, 3.63) is 28.3 Å². The van der Waals surface area contributed by atoms with Crippen molar-refractivity contribution in [1.29, 1.82) is 0 Å². The average Bonchev–Trinajstić information content (AvgIpc) is 2.63. The molecule has 1 aliphatic heterocycles. The molecule has 0 aromatic heterocycles. The highest BCUT2D eigenvalue weighted by molar-refractivity contribution is 6.02. The molecule has 0 spiro atoms. The smallest absolute Gasteiger partial charge is 0.271 e. The van der Waals surface area contributed by atoms with E-state index in [1.807, 2.05) is 0 Å². The molecule has 0 radical (unpaired) electrons. The molecule has 8 nitrogen and oxygen atoms in total. The predicted octanol–water partition coefficient (Wildman–Crippen LogP) is 2.11. The summed E-state index contributed by atoms with van der Waals surface area (Å²) in [7, 11) is 1.76. The molecule has 1 saturated carbocycles. The Balaban J connectivity index is 1.79. The number of rotatable bonds is 4. The quantitative estimate of drug-likeness (QED) is 0.614. The molecule has 1 aromatic carbocycles. The molecule has 2 amide bonds. The molecule has 1 fully saturated rings. The van der Waals surface area contributed by atoms with Crippen molar-refractivity contribution in [1.82, 2.24) is 4.90 Å². The summed E-state index contributed by atoms with van der Waals surface area (Å²) in [5, 5.41) is 11.0. The monoisotopic (exact) mass is 347 g/mol. The van der Waals surface area contributed by atoms with Gasteiger partial charge in [0.15, 0.2) is 6.61 Å². The van der Waals surface area contributed by atoms with Crippen LogP contribution in [-0.2, 0) is 9.59 Å². The lowest BCUT2D eigenvalue weighted by molar-refractivity contribution is -0.384. The van der Waals surface area contributed by atoms with Gasteiger partial charge in [-0.1, -0.05) is 19.3 Å². The highest BCUT2D eigenvalue weighted by Gasteiger charge is 2.31. The summed E-state index contributed by atoms with van der Waals surface area (Å²) in [5.41, 5.74) is 0.131. The molecule has 3 rings (SSSR count). The van der Waals surface area contributed by atoms with Crippen molar-refractivity contribution in [2.75, 3.05) is 25.1 Å². The maximum absolute atomic E-state index is 12.6. The maximum Gasteiger partial charge on any atom is 0.271 e. The van der Waals surface area contributed by atoms with Gasteiger partial charge in [0, 0.05) is 25.2 Å². The van der Waals surface area contributed by atoms with E-state index in [9.17, 15) is 19.7 Å². The molecular weight excluding hydrogens is 326 g/mol. The molecule has 1 aromatic rings. The molecule has 25 heavy (non-hydrogen) atoms. The van der Waals surface area contributed by atoms with Crippen LogP contribution in [0.2, 0.25) is 0 Å². The Bertz CT molecular complexity index is 700. The largest absolute Gasteiger partial charge is 0.482 e. The van der Waals surface area contributed by atoms with Crippen molar-refractivity contribution < 1.29 is 19.2 Å². The fourth-order valence-corrected chi connectivity index (χ4v) is 3.40. The molecule has 0 N–H and O–H groups in total. The van der Waals surface area contributed by atoms with Crippen LogP contribution in [-0.4, -0.2) is 47.9 Å². The molecule has 1 heterocycles. The van der Waals surface area contributed by atoms with Crippen LogP contribution in [0.4, 0.5) is 11.4 Å². The van der Waals surface area contributed by atoms with E-state index >= 15 is 0 Å². The topological polar surface area (TPSA) is 93.0 Å². The highest BCUT2D eigenvalue weighted by Crippen LogP contribution is 2.35. The van der Waals surface area contributed by atoms with Crippen LogP contribution in [0.1, 0.15) is 32.1 Å². The second-order valence-electron chi connectivity index (χ2n) is 6.47. The molecule has 2 aliphatic rings. The van der Waals surface area contributed by atoms with E-state index in [2.05, 4.69) is 0 Å². The minimum atomic E-state index is -0.534. The van der Waals surface area contributed by atoms with Crippen molar-refractivity contribution in [2.24, 2.45) is 0 Å². The number of benzene rings is 1. The van der Waals surface area contributed by atoms with E-state index in [1.54, 1.807) is 11.9 Å². The summed E-state index contributed by atoms with van der Waals surface area (Å²) >= 11 is 0. The Hall–Kier alpha value is -2.64. The standard InChI is InChI=1S/C17H21N3O5/c1-18(12-5-3-2-4-6-12)16(21)10-19-14-9-13(20(23)24)7-8-15(14)25-11-17(19)22/h7-9,12H,2-6,10-11H2,1H3. The molecule has 1 aliphatic carbocycles. The van der Waals surface area contributed by atoms with Crippen molar-refractivity contribution >= 4 is 23.2 Å². The molecule has 0 atom stereocenters. The summed E-state index contributed by atoms with van der Waals surface area (Å²) < 4.78 is 5.32. The van der Waals surface area contributed by atoms with Gasteiger partial charge in [0.1, 0.15) is 12.3 Å². The number of nitrogens with zero attached hydrogens (tertiary/aromatic N) is 3. The zero-order valence-corrected chi connectivity index (χ0v) is 14.1. The molecule has 0 saturated heterocycles. The van der Waals surface area contributed by atoms with Crippen LogP contribution in [0.15, 0.2) is 18.2 Å². The zero-order valence-electron chi connectivity index (χ0n) is 14.1. The fraction of sp³-hybridized carbons (Fsp3) is 0.529. The minimum absolute atomic E-state index is 0.136. The van der Waals surface area contributed by atoms with Gasteiger partial charge in [0.05, 0.1) is 10.6 Å². The lowest BCUT2D eigenvalue weighted by Gasteiger charge is -2.34. The summed E-state index contributed by atoms with van der Waals surface area (Å²) in [4.78, 5) is 38.3. The summed E-state index contributed by atoms with van der Waals surface area (Å²) in [5.74, 6) is -0.170. The van der Waals surface area contributed by atoms with Crippen molar-refractivity contribution in [2.45, 2.75) is 38.1 Å². The average molecular weight is 347 g/mol. The van der Waals surface area contributed by atoms with Crippen LogP contribution in [0, 0.1) is 10.1 Å². The first-order chi connectivity index (χ1) is 12.0. The van der Waals surface area contributed by atoms with Crippen LogP contribution < -0.4 is 9.64 Å². The number of nitro groups is 1. The SMILES string of the molecule is CN(C(=O)CN1C(=O)COc2ccc([N+](=O)[O-])cc21)C1CCCCC1. The number of fused-ring (bicyclic) bond motifs is 1. The Morgan fingerprint density at radius 3 is 2.76 bits per heavy atom. The fourth-order valence-electron chi connectivity index (χ4n) is 3.40. The number of hydrogen-bond donors (Lipinski definition) is 0. The van der Waals surface area contributed by atoms with E-state index in [-0.39, 0.29) is 42.4 Å². The number of carbonyl (C=O) groups excluding carboxylic acids is 2. The third kappa shape index (κ3) is 3.57. The first kappa shape index (κ1) is 17.2. The number of hydrogen-bond acceptors (Lipinski definition) is 5. The first-order valence-electron chi connectivity index (χ1n) is 8.44. The number of likely N-dealkylation sites (N-methyl/N-ethyl adjacent to an activating group) is 1. The Labute approximate surface area is 145 Å². The Kier molecular flexibility index (Phi) is 4.87. The zero-order chi connectivity index (χ0) is 18.0. The molecule has 8 heteroatoms. The summed E-state index contributed by atoms with van der Waals surface area (Å²) in [6, 6.07) is 4.26. The normalized spacial score (nSPS) is 17.6. The van der Waals surface area contributed by atoms with Crippen molar-refractivity contribution in [3.8, 4) is 5.75 Å². The molecular formula is C17H21N3O5. The summed E-state index contributed by atoms with van der Waals surface area (Å²) in [6.07, 6.45) is 5.35. The number of non-ortho nitro benzene ring substituents is 1. The third-order valence-corrected chi connectivity index (χ3v) is 4.91. The highest BCUT2D eigenvalue weighted by atomic mass is 16.6. The van der Waals surface area contributed by atoms with E-state index in [0.717, 1.165) is 25.7 Å². The van der Waals surface area contributed by atoms with Gasteiger partial charge in [-0.25, -0.2) is 0 Å². The molecule has 0 bridgehead atoms. The predicted molar refractivity (Wildman–Crippen MR) is 90.6 cm³/mol. The second-order valence-corrected chi connectivity index (χ2v) is 6.47. The van der Waals surface area contributed by atoms with Gasteiger partial charge in [0.2, 0.25) is 5.91 Å². The van der Waals surface area contributed by atoms with Crippen molar-refractivity contribution in [3.63, 3.8) is 0 Å². The van der Waals surface area contributed by atoms with Gasteiger partial charge < -0.3 is 9.64 Å². The van der Waals surface area contributed by atoms with Gasteiger partial charge >= 0.3 is 0 Å². The van der Waals surface area contributed by atoms with Crippen LogP contribution in [0.25, 0.3) is 0 Å². The van der Waals surface area contributed by atoms with Crippen LogP contribution in [0.3, 0.4) is 0 Å². The minimum Gasteiger partial charge on any atom is -0.482 e. The molecule has 0 unspecified atom stereocenters.